The predicted octanol–water partition coefficient (Wildman–Crippen LogP) is 3.45. The molecule has 110 valence electrons. The maximum atomic E-state index is 6.18. The lowest BCUT2D eigenvalue weighted by Crippen LogP contribution is -2.18. The highest BCUT2D eigenvalue weighted by molar-refractivity contribution is 5.41. The quantitative estimate of drug-likeness (QED) is 0.776. The largest absolute Gasteiger partial charge is 0.457 e. The number of benzene rings is 2. The Morgan fingerprint density at radius 1 is 0.667 bits per heavy atom. The molecule has 0 saturated carbocycles. The van der Waals surface area contributed by atoms with Crippen LogP contribution in [-0.4, -0.2) is 13.1 Å². The van der Waals surface area contributed by atoms with Gasteiger partial charge < -0.3 is 15.4 Å². The van der Waals surface area contributed by atoms with E-state index in [1.54, 1.807) is 0 Å². The second-order valence-electron chi connectivity index (χ2n) is 5.38. The molecular formula is C18H22N2O. The van der Waals surface area contributed by atoms with Crippen LogP contribution in [0.2, 0.25) is 0 Å². The topological polar surface area (TPSA) is 33.3 Å². The number of ether oxygens (including phenoxy) is 1. The molecule has 0 spiro atoms. The van der Waals surface area contributed by atoms with Gasteiger partial charge in [0.2, 0.25) is 0 Å². The number of para-hydroxylation sites is 2. The SMILES string of the molecule is c1ccc2c(c1)CNCCCCNCc1ccccc1O2. The van der Waals surface area contributed by atoms with Crippen LogP contribution in [0.3, 0.4) is 0 Å². The minimum absolute atomic E-state index is 0.853. The molecule has 1 aliphatic heterocycles. The number of fused-ring (bicyclic) bond motifs is 2. The molecule has 21 heavy (non-hydrogen) atoms. The molecule has 0 bridgehead atoms. The second kappa shape index (κ2) is 7.25. The highest BCUT2D eigenvalue weighted by Crippen LogP contribution is 2.28. The summed E-state index contributed by atoms with van der Waals surface area (Å²) in [6.45, 7) is 3.80. The minimum atomic E-state index is 0.853. The van der Waals surface area contributed by atoms with Gasteiger partial charge in [-0.05, 0) is 38.1 Å². The lowest BCUT2D eigenvalue weighted by Gasteiger charge is -2.14. The Balaban J connectivity index is 1.89. The summed E-state index contributed by atoms with van der Waals surface area (Å²) in [4.78, 5) is 0. The molecular weight excluding hydrogens is 260 g/mol. The molecule has 2 aromatic rings. The molecule has 2 aromatic carbocycles. The summed E-state index contributed by atoms with van der Waals surface area (Å²) < 4.78 is 6.18. The number of hydrogen-bond acceptors (Lipinski definition) is 3. The van der Waals surface area contributed by atoms with Gasteiger partial charge in [0.15, 0.2) is 0 Å². The van der Waals surface area contributed by atoms with Crippen LogP contribution in [0, 0.1) is 0 Å². The van der Waals surface area contributed by atoms with Crippen molar-refractivity contribution >= 4 is 0 Å². The van der Waals surface area contributed by atoms with Crippen molar-refractivity contribution in [2.45, 2.75) is 25.9 Å². The van der Waals surface area contributed by atoms with E-state index < -0.39 is 0 Å². The Hall–Kier alpha value is -1.84. The summed E-state index contributed by atoms with van der Waals surface area (Å²) in [6, 6.07) is 16.5. The van der Waals surface area contributed by atoms with Crippen molar-refractivity contribution in [1.29, 1.82) is 0 Å². The Labute approximate surface area is 126 Å². The normalized spacial score (nSPS) is 16.4. The fraction of sp³-hybridized carbons (Fsp3) is 0.333. The van der Waals surface area contributed by atoms with Gasteiger partial charge in [0.05, 0.1) is 0 Å². The minimum Gasteiger partial charge on any atom is -0.457 e. The second-order valence-corrected chi connectivity index (χ2v) is 5.38. The predicted molar refractivity (Wildman–Crippen MR) is 85.6 cm³/mol. The lowest BCUT2D eigenvalue weighted by molar-refractivity contribution is 0.465. The fourth-order valence-electron chi connectivity index (χ4n) is 2.56. The summed E-state index contributed by atoms with van der Waals surface area (Å²) >= 11 is 0. The van der Waals surface area contributed by atoms with E-state index in [0.717, 1.165) is 37.7 Å². The first-order valence-corrected chi connectivity index (χ1v) is 7.68. The fourth-order valence-corrected chi connectivity index (χ4v) is 2.56. The van der Waals surface area contributed by atoms with E-state index in [1.165, 1.54) is 24.0 Å². The number of hydrogen-bond donors (Lipinski definition) is 2. The van der Waals surface area contributed by atoms with Crippen LogP contribution in [0.4, 0.5) is 0 Å². The molecule has 0 unspecified atom stereocenters. The average Bonchev–Trinajstić information content (AvgIpc) is 2.54. The van der Waals surface area contributed by atoms with E-state index in [-0.39, 0.29) is 0 Å². The van der Waals surface area contributed by atoms with Crippen LogP contribution < -0.4 is 15.4 Å². The van der Waals surface area contributed by atoms with Crippen molar-refractivity contribution in [2.75, 3.05) is 13.1 Å². The molecule has 0 fully saturated rings. The summed E-state index contributed by atoms with van der Waals surface area (Å²) in [6.07, 6.45) is 2.38. The zero-order valence-corrected chi connectivity index (χ0v) is 12.3. The van der Waals surface area contributed by atoms with Gasteiger partial charge in [-0.25, -0.2) is 0 Å². The van der Waals surface area contributed by atoms with E-state index >= 15 is 0 Å². The van der Waals surface area contributed by atoms with E-state index in [1.807, 2.05) is 24.3 Å². The molecule has 2 N–H and O–H groups in total. The zero-order valence-electron chi connectivity index (χ0n) is 12.3. The molecule has 0 radical (unpaired) electrons. The molecule has 1 aliphatic rings. The van der Waals surface area contributed by atoms with Crippen molar-refractivity contribution in [1.82, 2.24) is 10.6 Å². The van der Waals surface area contributed by atoms with Crippen molar-refractivity contribution in [3.8, 4) is 11.5 Å². The van der Waals surface area contributed by atoms with Gasteiger partial charge >= 0.3 is 0 Å². The maximum absolute atomic E-state index is 6.18. The first kappa shape index (κ1) is 14.1. The highest BCUT2D eigenvalue weighted by Gasteiger charge is 2.08. The standard InChI is InChI=1S/C18H22N2O/c1-3-9-17-15(7-1)13-19-11-5-6-12-20-14-16-8-2-4-10-18(16)21-17/h1-4,7-10,19-20H,5-6,11-14H2. The maximum Gasteiger partial charge on any atom is 0.131 e. The van der Waals surface area contributed by atoms with Gasteiger partial charge in [-0.1, -0.05) is 36.4 Å². The first-order chi connectivity index (χ1) is 10.4. The average molecular weight is 282 g/mol. The van der Waals surface area contributed by atoms with Gasteiger partial charge in [0, 0.05) is 24.2 Å². The van der Waals surface area contributed by atoms with E-state index in [0.29, 0.717) is 0 Å². The Kier molecular flexibility index (Phi) is 4.87. The van der Waals surface area contributed by atoms with Gasteiger partial charge in [-0.15, -0.1) is 0 Å². The van der Waals surface area contributed by atoms with Crippen LogP contribution in [0.5, 0.6) is 11.5 Å². The molecule has 0 atom stereocenters. The molecule has 3 nitrogen and oxygen atoms in total. The Bertz CT molecular complexity index is 531. The van der Waals surface area contributed by atoms with Gasteiger partial charge in [-0.2, -0.15) is 0 Å². The zero-order chi connectivity index (χ0) is 14.3. The molecule has 1 heterocycles. The summed E-state index contributed by atoms with van der Waals surface area (Å²) in [5, 5.41) is 6.99. The van der Waals surface area contributed by atoms with Crippen molar-refractivity contribution < 1.29 is 4.74 Å². The van der Waals surface area contributed by atoms with Crippen LogP contribution >= 0.6 is 0 Å². The summed E-state index contributed by atoms with van der Waals surface area (Å²) in [5.74, 6) is 1.88. The Morgan fingerprint density at radius 2 is 1.14 bits per heavy atom. The monoisotopic (exact) mass is 282 g/mol. The smallest absolute Gasteiger partial charge is 0.131 e. The third-order valence-electron chi connectivity index (χ3n) is 3.75. The molecule has 0 amide bonds. The van der Waals surface area contributed by atoms with Gasteiger partial charge in [0.1, 0.15) is 11.5 Å². The molecule has 0 saturated heterocycles. The number of nitrogens with one attached hydrogen (secondary N) is 2. The van der Waals surface area contributed by atoms with Crippen LogP contribution in [0.1, 0.15) is 24.0 Å². The third kappa shape index (κ3) is 3.84. The van der Waals surface area contributed by atoms with Crippen molar-refractivity contribution in [3.05, 3.63) is 59.7 Å². The van der Waals surface area contributed by atoms with E-state index in [9.17, 15) is 0 Å². The van der Waals surface area contributed by atoms with Gasteiger partial charge in [0.25, 0.3) is 0 Å². The summed E-state index contributed by atoms with van der Waals surface area (Å²) in [5.41, 5.74) is 2.42. The molecule has 3 heteroatoms. The van der Waals surface area contributed by atoms with Crippen LogP contribution in [0.15, 0.2) is 48.5 Å². The van der Waals surface area contributed by atoms with Crippen molar-refractivity contribution in [2.24, 2.45) is 0 Å². The lowest BCUT2D eigenvalue weighted by atomic mass is 10.1. The highest BCUT2D eigenvalue weighted by atomic mass is 16.5. The van der Waals surface area contributed by atoms with Crippen LogP contribution in [0.25, 0.3) is 0 Å². The third-order valence-corrected chi connectivity index (χ3v) is 3.75. The van der Waals surface area contributed by atoms with Gasteiger partial charge in [-0.3, -0.25) is 0 Å². The summed E-state index contributed by atoms with van der Waals surface area (Å²) in [7, 11) is 0. The number of rotatable bonds is 0. The molecule has 0 aromatic heterocycles. The Morgan fingerprint density at radius 3 is 1.67 bits per heavy atom. The van der Waals surface area contributed by atoms with Crippen LogP contribution in [-0.2, 0) is 13.1 Å². The molecule has 3 rings (SSSR count). The molecule has 0 aliphatic carbocycles. The van der Waals surface area contributed by atoms with E-state index in [4.69, 9.17) is 4.74 Å². The van der Waals surface area contributed by atoms with E-state index in [2.05, 4.69) is 34.9 Å². The first-order valence-electron chi connectivity index (χ1n) is 7.68. The van der Waals surface area contributed by atoms with Crippen molar-refractivity contribution in [3.63, 3.8) is 0 Å².